The molecule has 24 heavy (non-hydrogen) atoms. The van der Waals surface area contributed by atoms with Gasteiger partial charge in [0, 0.05) is 21.5 Å². The lowest BCUT2D eigenvalue weighted by molar-refractivity contribution is -0.193. The largest absolute Gasteiger partial charge is 0.392 e. The molecule has 130 valence electrons. The van der Waals surface area contributed by atoms with Crippen molar-refractivity contribution in [3.63, 3.8) is 0 Å². The maximum absolute atomic E-state index is 13.4. The van der Waals surface area contributed by atoms with E-state index >= 15 is 0 Å². The van der Waals surface area contributed by atoms with Crippen LogP contribution in [0.3, 0.4) is 0 Å². The standard InChI is InChI=1S/C17H16Cl2F3NO/c1-10(17(20,21)22)15(11-5-7-13(18)8-6-11)16(23,24)12-3-2-4-14(19)9-12/h2-10,15,24H,23H2,1H3. The van der Waals surface area contributed by atoms with Crippen molar-refractivity contribution in [3.8, 4) is 0 Å². The van der Waals surface area contributed by atoms with Crippen molar-refractivity contribution in [2.45, 2.75) is 24.7 Å². The van der Waals surface area contributed by atoms with E-state index in [0.29, 0.717) is 5.02 Å². The molecule has 0 bridgehead atoms. The molecular weight excluding hydrogens is 362 g/mol. The summed E-state index contributed by atoms with van der Waals surface area (Å²) in [5.41, 5.74) is 4.05. The zero-order valence-corrected chi connectivity index (χ0v) is 14.2. The number of alkyl halides is 3. The first-order valence-electron chi connectivity index (χ1n) is 7.13. The van der Waals surface area contributed by atoms with Crippen molar-refractivity contribution >= 4 is 23.2 Å². The zero-order chi connectivity index (χ0) is 18.1. The quantitative estimate of drug-likeness (QED) is 0.729. The molecule has 0 aliphatic heterocycles. The fraction of sp³-hybridized carbons (Fsp3) is 0.294. The van der Waals surface area contributed by atoms with Crippen LogP contribution in [-0.4, -0.2) is 11.3 Å². The summed E-state index contributed by atoms with van der Waals surface area (Å²) in [7, 11) is 0. The van der Waals surface area contributed by atoms with Crippen LogP contribution in [-0.2, 0) is 5.72 Å². The Labute approximate surface area is 148 Å². The van der Waals surface area contributed by atoms with Gasteiger partial charge in [-0.3, -0.25) is 5.73 Å². The van der Waals surface area contributed by atoms with Crippen LogP contribution in [0.2, 0.25) is 10.0 Å². The molecule has 0 saturated carbocycles. The first kappa shape index (κ1) is 19.1. The zero-order valence-electron chi connectivity index (χ0n) is 12.7. The summed E-state index contributed by atoms with van der Waals surface area (Å²) < 4.78 is 40.1. The van der Waals surface area contributed by atoms with Gasteiger partial charge in [-0.15, -0.1) is 0 Å². The number of hydrogen-bond donors (Lipinski definition) is 2. The second-order valence-corrected chi connectivity index (χ2v) is 6.57. The summed E-state index contributed by atoms with van der Waals surface area (Å²) in [5, 5.41) is 11.5. The van der Waals surface area contributed by atoms with Crippen LogP contribution >= 0.6 is 23.2 Å². The Morgan fingerprint density at radius 1 is 1.00 bits per heavy atom. The van der Waals surface area contributed by atoms with E-state index in [9.17, 15) is 18.3 Å². The maximum Gasteiger partial charge on any atom is 0.392 e. The Bertz CT molecular complexity index is 702. The number of halogens is 5. The molecule has 0 aliphatic rings. The van der Waals surface area contributed by atoms with Crippen molar-refractivity contribution < 1.29 is 18.3 Å². The summed E-state index contributed by atoms with van der Waals surface area (Å²) in [6, 6.07) is 11.6. The van der Waals surface area contributed by atoms with Gasteiger partial charge >= 0.3 is 6.18 Å². The molecule has 2 aromatic carbocycles. The topological polar surface area (TPSA) is 46.2 Å². The van der Waals surface area contributed by atoms with Crippen molar-refractivity contribution in [2.75, 3.05) is 0 Å². The molecule has 2 nitrogen and oxygen atoms in total. The fourth-order valence-electron chi connectivity index (χ4n) is 2.70. The smallest absolute Gasteiger partial charge is 0.371 e. The van der Waals surface area contributed by atoms with Crippen LogP contribution in [0.1, 0.15) is 24.0 Å². The molecule has 3 atom stereocenters. The van der Waals surface area contributed by atoms with Gasteiger partial charge in [0.2, 0.25) is 0 Å². The summed E-state index contributed by atoms with van der Waals surface area (Å²) in [6.07, 6.45) is -4.55. The molecule has 0 heterocycles. The minimum absolute atomic E-state index is 0.103. The van der Waals surface area contributed by atoms with Gasteiger partial charge in [-0.1, -0.05) is 54.4 Å². The van der Waals surface area contributed by atoms with Gasteiger partial charge in [0.15, 0.2) is 0 Å². The van der Waals surface area contributed by atoms with Gasteiger partial charge in [0.25, 0.3) is 0 Å². The molecule has 0 amide bonds. The van der Waals surface area contributed by atoms with Crippen molar-refractivity contribution in [1.82, 2.24) is 0 Å². The summed E-state index contributed by atoms with van der Waals surface area (Å²) in [6.45, 7) is 0.988. The number of nitrogens with two attached hydrogens (primary N) is 1. The van der Waals surface area contributed by atoms with E-state index in [-0.39, 0.29) is 16.1 Å². The third-order valence-corrected chi connectivity index (χ3v) is 4.49. The van der Waals surface area contributed by atoms with E-state index in [1.165, 1.54) is 42.5 Å². The van der Waals surface area contributed by atoms with E-state index < -0.39 is 23.7 Å². The normalized spacial score (nSPS) is 17.2. The van der Waals surface area contributed by atoms with E-state index in [1.807, 2.05) is 0 Å². The molecule has 0 aliphatic carbocycles. The SMILES string of the molecule is CC(C(c1ccc(Cl)cc1)C(N)(O)c1cccc(Cl)c1)C(F)(F)F. The van der Waals surface area contributed by atoms with E-state index in [1.54, 1.807) is 6.07 Å². The lowest BCUT2D eigenvalue weighted by Gasteiger charge is -2.38. The Kier molecular flexibility index (Phi) is 5.50. The number of rotatable bonds is 4. The third kappa shape index (κ3) is 4.03. The van der Waals surface area contributed by atoms with Crippen LogP contribution in [0.25, 0.3) is 0 Å². The highest BCUT2D eigenvalue weighted by Gasteiger charge is 2.50. The van der Waals surface area contributed by atoms with Gasteiger partial charge in [-0.2, -0.15) is 13.2 Å². The highest BCUT2D eigenvalue weighted by atomic mass is 35.5. The first-order chi connectivity index (χ1) is 11.0. The van der Waals surface area contributed by atoms with Gasteiger partial charge in [-0.25, -0.2) is 0 Å². The molecule has 0 spiro atoms. The molecule has 7 heteroatoms. The van der Waals surface area contributed by atoms with E-state index in [2.05, 4.69) is 0 Å². The summed E-state index contributed by atoms with van der Waals surface area (Å²) >= 11 is 11.7. The van der Waals surface area contributed by atoms with Crippen LogP contribution in [0.5, 0.6) is 0 Å². The monoisotopic (exact) mass is 377 g/mol. The summed E-state index contributed by atoms with van der Waals surface area (Å²) in [5.74, 6) is -3.33. The Morgan fingerprint density at radius 2 is 1.58 bits per heavy atom. The van der Waals surface area contributed by atoms with Crippen molar-refractivity contribution in [3.05, 3.63) is 69.7 Å². The number of aliphatic hydroxyl groups is 1. The van der Waals surface area contributed by atoms with Gasteiger partial charge < -0.3 is 5.11 Å². The molecule has 3 N–H and O–H groups in total. The maximum atomic E-state index is 13.4. The van der Waals surface area contributed by atoms with Crippen LogP contribution in [0, 0.1) is 5.92 Å². The van der Waals surface area contributed by atoms with Gasteiger partial charge in [0.05, 0.1) is 5.92 Å². The van der Waals surface area contributed by atoms with E-state index in [0.717, 1.165) is 6.92 Å². The molecule has 3 unspecified atom stereocenters. The number of hydrogen-bond acceptors (Lipinski definition) is 2. The highest BCUT2D eigenvalue weighted by molar-refractivity contribution is 6.30. The average molecular weight is 378 g/mol. The average Bonchev–Trinajstić information content (AvgIpc) is 2.48. The minimum Gasteiger partial charge on any atom is -0.371 e. The predicted molar refractivity (Wildman–Crippen MR) is 88.9 cm³/mol. The van der Waals surface area contributed by atoms with Crippen LogP contribution < -0.4 is 5.73 Å². The highest BCUT2D eigenvalue weighted by Crippen LogP contribution is 2.45. The van der Waals surface area contributed by atoms with E-state index in [4.69, 9.17) is 28.9 Å². The summed E-state index contributed by atoms with van der Waals surface area (Å²) in [4.78, 5) is 0. The molecule has 2 rings (SSSR count). The second kappa shape index (κ2) is 6.92. The Morgan fingerprint density at radius 3 is 2.08 bits per heavy atom. The molecule has 0 fully saturated rings. The predicted octanol–water partition coefficient (Wildman–Crippen LogP) is 5.08. The molecular formula is C17H16Cl2F3NO. The molecule has 0 aromatic heterocycles. The third-order valence-electron chi connectivity index (χ3n) is 4.01. The van der Waals surface area contributed by atoms with Gasteiger partial charge in [-0.05, 0) is 29.8 Å². The fourth-order valence-corrected chi connectivity index (χ4v) is 3.02. The van der Waals surface area contributed by atoms with Gasteiger partial charge in [0.1, 0.15) is 5.72 Å². The Hall–Kier alpha value is -1.27. The van der Waals surface area contributed by atoms with Crippen molar-refractivity contribution in [2.24, 2.45) is 11.7 Å². The molecule has 2 aromatic rings. The van der Waals surface area contributed by atoms with Crippen LogP contribution in [0.4, 0.5) is 13.2 Å². The second-order valence-electron chi connectivity index (χ2n) is 5.70. The lowest BCUT2D eigenvalue weighted by Crippen LogP contribution is -2.48. The number of benzene rings is 2. The molecule has 0 saturated heterocycles. The van der Waals surface area contributed by atoms with Crippen molar-refractivity contribution in [1.29, 1.82) is 0 Å². The molecule has 0 radical (unpaired) electrons. The first-order valence-corrected chi connectivity index (χ1v) is 7.88. The van der Waals surface area contributed by atoms with Crippen LogP contribution in [0.15, 0.2) is 48.5 Å². The minimum atomic E-state index is -4.55. The Balaban J connectivity index is 2.58. The lowest BCUT2D eigenvalue weighted by atomic mass is 9.76.